The van der Waals surface area contributed by atoms with E-state index < -0.39 is 11.7 Å². The lowest BCUT2D eigenvalue weighted by atomic mass is 10.1. The maximum absolute atomic E-state index is 12.6. The van der Waals surface area contributed by atoms with Gasteiger partial charge in [0.15, 0.2) is 0 Å². The summed E-state index contributed by atoms with van der Waals surface area (Å²) in [6.45, 7) is 0.249. The van der Waals surface area contributed by atoms with Gasteiger partial charge in [0.25, 0.3) is 0 Å². The molecule has 2 aromatic carbocycles. The lowest BCUT2D eigenvalue weighted by molar-refractivity contribution is -0.463. The summed E-state index contributed by atoms with van der Waals surface area (Å²) in [5.41, 5.74) is -0.0620. The van der Waals surface area contributed by atoms with E-state index in [9.17, 15) is 28.6 Å². The van der Waals surface area contributed by atoms with Crippen LogP contribution in [0, 0.1) is 5.21 Å². The SMILES string of the molecule is [O-][N+]1=C(c2cc(O)ccc2O)CCN1c1ccc(C(F)(F)F)cc1. The molecular formula is C16H13F3N2O3. The molecule has 1 heterocycles. The largest absolute Gasteiger partial charge is 0.596 e. The van der Waals surface area contributed by atoms with Crippen LogP contribution in [-0.4, -0.2) is 27.3 Å². The summed E-state index contributed by atoms with van der Waals surface area (Å²) in [4.78, 5) is 0.525. The zero-order chi connectivity index (χ0) is 17.5. The molecule has 0 bridgehead atoms. The van der Waals surface area contributed by atoms with E-state index >= 15 is 0 Å². The topological polar surface area (TPSA) is 69.8 Å². The highest BCUT2D eigenvalue weighted by Gasteiger charge is 2.33. The van der Waals surface area contributed by atoms with Crippen molar-refractivity contribution in [1.29, 1.82) is 0 Å². The molecule has 0 radical (unpaired) electrons. The number of anilines is 1. The second-order valence-electron chi connectivity index (χ2n) is 5.34. The number of halogens is 3. The molecule has 2 aromatic rings. The number of phenols is 2. The van der Waals surface area contributed by atoms with Crippen molar-refractivity contribution in [3.63, 3.8) is 0 Å². The van der Waals surface area contributed by atoms with E-state index in [2.05, 4.69) is 0 Å². The van der Waals surface area contributed by atoms with Crippen LogP contribution in [0.5, 0.6) is 11.5 Å². The molecule has 0 atom stereocenters. The summed E-state index contributed by atoms with van der Waals surface area (Å²) in [7, 11) is 0. The molecule has 1 aliphatic rings. The molecule has 0 unspecified atom stereocenters. The van der Waals surface area contributed by atoms with Gasteiger partial charge in [-0.05, 0) is 42.5 Å². The van der Waals surface area contributed by atoms with E-state index in [0.29, 0.717) is 10.5 Å². The number of nitrogens with zero attached hydrogens (tertiary/aromatic N) is 2. The van der Waals surface area contributed by atoms with Crippen LogP contribution in [0.25, 0.3) is 0 Å². The smallest absolute Gasteiger partial charge is 0.416 e. The lowest BCUT2D eigenvalue weighted by Crippen LogP contribution is -2.28. The average molecular weight is 338 g/mol. The molecule has 1 aliphatic heterocycles. The first kappa shape index (κ1) is 16.0. The predicted molar refractivity (Wildman–Crippen MR) is 80.9 cm³/mol. The summed E-state index contributed by atoms with van der Waals surface area (Å²) >= 11 is 0. The van der Waals surface area contributed by atoms with Crippen molar-refractivity contribution in [2.45, 2.75) is 12.6 Å². The van der Waals surface area contributed by atoms with Gasteiger partial charge < -0.3 is 15.4 Å². The minimum atomic E-state index is -4.44. The Labute approximate surface area is 135 Å². The molecule has 5 nitrogen and oxygen atoms in total. The second kappa shape index (κ2) is 5.63. The molecule has 3 rings (SSSR count). The summed E-state index contributed by atoms with van der Waals surface area (Å²) in [6.07, 6.45) is -4.16. The Balaban J connectivity index is 1.94. The number of hydrazine groups is 1. The van der Waals surface area contributed by atoms with Crippen molar-refractivity contribution in [2.75, 3.05) is 11.6 Å². The average Bonchev–Trinajstić information content (AvgIpc) is 2.90. The zero-order valence-electron chi connectivity index (χ0n) is 12.3. The summed E-state index contributed by atoms with van der Waals surface area (Å²) in [6, 6.07) is 8.09. The number of benzene rings is 2. The van der Waals surface area contributed by atoms with Crippen LogP contribution in [-0.2, 0) is 6.18 Å². The van der Waals surface area contributed by atoms with E-state index in [1.165, 1.54) is 35.3 Å². The number of hydrogen-bond donors (Lipinski definition) is 2. The molecule has 8 heteroatoms. The van der Waals surface area contributed by atoms with Crippen molar-refractivity contribution < 1.29 is 28.2 Å². The third-order valence-corrected chi connectivity index (χ3v) is 3.79. The molecule has 0 aromatic heterocycles. The Hall–Kier alpha value is -2.90. The first-order valence-electron chi connectivity index (χ1n) is 7.07. The van der Waals surface area contributed by atoms with Crippen molar-refractivity contribution >= 4 is 11.4 Å². The van der Waals surface area contributed by atoms with Gasteiger partial charge >= 0.3 is 6.18 Å². The van der Waals surface area contributed by atoms with Gasteiger partial charge in [-0.1, -0.05) is 4.85 Å². The summed E-state index contributed by atoms with van der Waals surface area (Å²) < 4.78 is 37.8. The highest BCUT2D eigenvalue weighted by Crippen LogP contribution is 2.32. The Morgan fingerprint density at radius 1 is 1.04 bits per heavy atom. The van der Waals surface area contributed by atoms with Gasteiger partial charge in [-0.15, -0.1) is 5.01 Å². The fourth-order valence-corrected chi connectivity index (χ4v) is 2.59. The van der Waals surface area contributed by atoms with Crippen LogP contribution in [0.3, 0.4) is 0 Å². The van der Waals surface area contributed by atoms with Gasteiger partial charge in [0, 0.05) is 0 Å². The molecular weight excluding hydrogens is 325 g/mol. The van der Waals surface area contributed by atoms with Crippen molar-refractivity contribution in [2.24, 2.45) is 0 Å². The lowest BCUT2D eigenvalue weighted by Gasteiger charge is -2.17. The fourth-order valence-electron chi connectivity index (χ4n) is 2.59. The Morgan fingerprint density at radius 3 is 2.33 bits per heavy atom. The summed E-state index contributed by atoms with van der Waals surface area (Å²) in [5, 5.41) is 33.1. The quantitative estimate of drug-likeness (QED) is 0.501. The summed E-state index contributed by atoms with van der Waals surface area (Å²) in [5.74, 6) is -0.255. The number of rotatable bonds is 2. The molecule has 24 heavy (non-hydrogen) atoms. The van der Waals surface area contributed by atoms with E-state index in [-0.39, 0.29) is 35.7 Å². The maximum Gasteiger partial charge on any atom is 0.416 e. The minimum Gasteiger partial charge on any atom is -0.596 e. The molecule has 0 spiro atoms. The number of phenolic OH excluding ortho intramolecular Hbond substituents is 2. The molecule has 0 amide bonds. The van der Waals surface area contributed by atoms with Crippen LogP contribution >= 0.6 is 0 Å². The Morgan fingerprint density at radius 2 is 1.71 bits per heavy atom. The Kier molecular flexibility index (Phi) is 3.75. The van der Waals surface area contributed by atoms with Gasteiger partial charge in [0.2, 0.25) is 5.71 Å². The fraction of sp³-hybridized carbons (Fsp3) is 0.188. The molecule has 2 N–H and O–H groups in total. The van der Waals surface area contributed by atoms with Crippen LogP contribution in [0.15, 0.2) is 42.5 Å². The van der Waals surface area contributed by atoms with Gasteiger partial charge in [-0.2, -0.15) is 13.2 Å². The predicted octanol–water partition coefficient (Wildman–Crippen LogP) is 3.24. The Bertz CT molecular complexity index is 801. The third-order valence-electron chi connectivity index (χ3n) is 3.79. The standard InChI is InChI=1S/C16H13F3N2O3/c17-16(18,19)10-1-3-11(4-2-10)20-8-7-14(21(20)24)13-9-12(22)5-6-15(13)23/h1-6,9,22-23H,7-8H2. The number of hydrazone groups is 1. The molecule has 0 saturated heterocycles. The van der Waals surface area contributed by atoms with Gasteiger partial charge in [0.05, 0.1) is 24.1 Å². The number of aromatic hydroxyl groups is 2. The van der Waals surface area contributed by atoms with Crippen LogP contribution < -0.4 is 5.01 Å². The van der Waals surface area contributed by atoms with Gasteiger partial charge in [-0.25, -0.2) is 0 Å². The van der Waals surface area contributed by atoms with E-state index in [4.69, 9.17) is 0 Å². The van der Waals surface area contributed by atoms with Crippen LogP contribution in [0.2, 0.25) is 0 Å². The van der Waals surface area contributed by atoms with Gasteiger partial charge in [-0.3, -0.25) is 0 Å². The highest BCUT2D eigenvalue weighted by molar-refractivity contribution is 6.01. The highest BCUT2D eigenvalue weighted by atomic mass is 19.4. The molecule has 0 saturated carbocycles. The number of alkyl halides is 3. The monoisotopic (exact) mass is 338 g/mol. The maximum atomic E-state index is 12.6. The van der Waals surface area contributed by atoms with Crippen LogP contribution in [0.4, 0.5) is 18.9 Å². The van der Waals surface area contributed by atoms with E-state index in [1.807, 2.05) is 0 Å². The third kappa shape index (κ3) is 2.82. The molecule has 0 fully saturated rings. The molecule has 126 valence electrons. The zero-order valence-corrected chi connectivity index (χ0v) is 12.3. The molecule has 0 aliphatic carbocycles. The normalized spacial score (nSPS) is 15.2. The van der Waals surface area contributed by atoms with Gasteiger partial charge in [0.1, 0.15) is 17.2 Å². The first-order valence-corrected chi connectivity index (χ1v) is 7.07. The second-order valence-corrected chi connectivity index (χ2v) is 5.34. The van der Waals surface area contributed by atoms with Crippen LogP contribution in [0.1, 0.15) is 17.5 Å². The van der Waals surface area contributed by atoms with Crippen molar-refractivity contribution in [3.05, 3.63) is 58.8 Å². The van der Waals surface area contributed by atoms with E-state index in [0.717, 1.165) is 12.1 Å². The minimum absolute atomic E-state index is 0.100. The number of hydrogen-bond acceptors (Lipinski definition) is 4. The van der Waals surface area contributed by atoms with Crippen molar-refractivity contribution in [1.82, 2.24) is 0 Å². The van der Waals surface area contributed by atoms with E-state index in [1.54, 1.807) is 0 Å². The van der Waals surface area contributed by atoms with Crippen molar-refractivity contribution in [3.8, 4) is 11.5 Å². The first-order chi connectivity index (χ1) is 11.3.